The highest BCUT2D eigenvalue weighted by atomic mass is 16.2. The molecular weight excluding hydrogens is 348 g/mol. The molecule has 0 aliphatic carbocycles. The zero-order valence-corrected chi connectivity index (χ0v) is 16.0. The Morgan fingerprint density at radius 2 is 2.00 bits per heavy atom. The summed E-state index contributed by atoms with van der Waals surface area (Å²) in [7, 11) is 1.55. The number of H-pyrrole nitrogens is 1. The first kappa shape index (κ1) is 18.8. The Bertz CT molecular complexity index is 911. The van der Waals surface area contributed by atoms with Crippen molar-refractivity contribution in [3.8, 4) is 0 Å². The van der Waals surface area contributed by atoms with Crippen LogP contribution >= 0.6 is 0 Å². The summed E-state index contributed by atoms with van der Waals surface area (Å²) in [6.45, 7) is 6.52. The van der Waals surface area contributed by atoms with Crippen LogP contribution in [-0.4, -0.2) is 56.1 Å². The largest absolute Gasteiger partial charge is 0.354 e. The minimum atomic E-state index is -0.263. The number of rotatable bonds is 5. The Morgan fingerprint density at radius 3 is 2.63 bits per heavy atom. The first-order chi connectivity index (χ1) is 12.8. The van der Waals surface area contributed by atoms with Gasteiger partial charge < -0.3 is 10.2 Å². The van der Waals surface area contributed by atoms with Crippen molar-refractivity contribution < 1.29 is 14.4 Å². The Kier molecular flexibility index (Phi) is 5.11. The fourth-order valence-electron chi connectivity index (χ4n) is 3.60. The molecule has 0 bridgehead atoms. The van der Waals surface area contributed by atoms with E-state index in [0.717, 1.165) is 17.0 Å². The standard InChI is InChI=1S/C18H24N6O3/c1-10-16(12(3)25)11(2)24(22-10)8-6-15(26)23-7-5-14-13(9-23)17(21-20-14)18(27)19-4/h5-9H2,1-4H3,(H,19,27)(H,20,21). The second kappa shape index (κ2) is 7.34. The maximum absolute atomic E-state index is 12.7. The van der Waals surface area contributed by atoms with Gasteiger partial charge in [0.05, 0.1) is 11.3 Å². The highest BCUT2D eigenvalue weighted by Crippen LogP contribution is 2.21. The molecule has 0 fully saturated rings. The van der Waals surface area contributed by atoms with E-state index >= 15 is 0 Å². The van der Waals surface area contributed by atoms with Crippen LogP contribution < -0.4 is 5.32 Å². The number of nitrogens with one attached hydrogen (secondary N) is 2. The maximum Gasteiger partial charge on any atom is 0.271 e. The van der Waals surface area contributed by atoms with Gasteiger partial charge in [-0.05, 0) is 20.8 Å². The van der Waals surface area contributed by atoms with Gasteiger partial charge in [0.1, 0.15) is 0 Å². The molecule has 2 amide bonds. The third-order valence-corrected chi connectivity index (χ3v) is 5.00. The van der Waals surface area contributed by atoms with Crippen LogP contribution in [0.25, 0.3) is 0 Å². The van der Waals surface area contributed by atoms with Crippen molar-refractivity contribution in [3.05, 3.63) is 33.9 Å². The second-order valence-corrected chi connectivity index (χ2v) is 6.75. The van der Waals surface area contributed by atoms with Crippen LogP contribution in [0, 0.1) is 13.8 Å². The van der Waals surface area contributed by atoms with Gasteiger partial charge in [0.2, 0.25) is 5.91 Å². The minimum Gasteiger partial charge on any atom is -0.354 e. The van der Waals surface area contributed by atoms with Gasteiger partial charge in [-0.15, -0.1) is 0 Å². The van der Waals surface area contributed by atoms with E-state index in [0.29, 0.717) is 43.0 Å². The number of Topliss-reactive ketones (excluding diaryl/α,β-unsaturated/α-hetero) is 1. The number of carbonyl (C=O) groups is 3. The summed E-state index contributed by atoms with van der Waals surface area (Å²) in [5, 5.41) is 13.9. The molecule has 3 heterocycles. The van der Waals surface area contributed by atoms with Gasteiger partial charge in [-0.1, -0.05) is 0 Å². The molecule has 3 rings (SSSR count). The van der Waals surface area contributed by atoms with Crippen molar-refractivity contribution >= 4 is 17.6 Å². The molecule has 0 atom stereocenters. The maximum atomic E-state index is 12.7. The van der Waals surface area contributed by atoms with E-state index in [2.05, 4.69) is 20.6 Å². The summed E-state index contributed by atoms with van der Waals surface area (Å²) < 4.78 is 1.72. The lowest BCUT2D eigenvalue weighted by Crippen LogP contribution is -2.37. The molecule has 144 valence electrons. The number of aromatic amines is 1. The molecule has 0 unspecified atom stereocenters. The van der Waals surface area contributed by atoms with Crippen LogP contribution in [0.3, 0.4) is 0 Å². The fraction of sp³-hybridized carbons (Fsp3) is 0.500. The first-order valence-electron chi connectivity index (χ1n) is 8.94. The average Bonchev–Trinajstić information content (AvgIpc) is 3.18. The molecule has 27 heavy (non-hydrogen) atoms. The second-order valence-electron chi connectivity index (χ2n) is 6.75. The summed E-state index contributed by atoms with van der Waals surface area (Å²) in [5.74, 6) is -0.296. The number of carbonyl (C=O) groups excluding carboxylic acids is 3. The molecule has 0 radical (unpaired) electrons. The van der Waals surface area contributed by atoms with E-state index < -0.39 is 0 Å². The summed E-state index contributed by atoms with van der Waals surface area (Å²) >= 11 is 0. The van der Waals surface area contributed by atoms with E-state index in [4.69, 9.17) is 0 Å². The van der Waals surface area contributed by atoms with Gasteiger partial charge in [0.15, 0.2) is 11.5 Å². The van der Waals surface area contributed by atoms with Crippen molar-refractivity contribution in [2.24, 2.45) is 0 Å². The van der Waals surface area contributed by atoms with Gasteiger partial charge in [0, 0.05) is 56.5 Å². The quantitative estimate of drug-likeness (QED) is 0.753. The van der Waals surface area contributed by atoms with Crippen molar-refractivity contribution in [1.29, 1.82) is 0 Å². The molecule has 0 saturated heterocycles. The smallest absolute Gasteiger partial charge is 0.271 e. The zero-order valence-electron chi connectivity index (χ0n) is 16.0. The normalized spacial score (nSPS) is 13.4. The monoisotopic (exact) mass is 372 g/mol. The van der Waals surface area contributed by atoms with Gasteiger partial charge >= 0.3 is 0 Å². The lowest BCUT2D eigenvalue weighted by atomic mass is 10.0. The molecule has 1 aliphatic rings. The van der Waals surface area contributed by atoms with E-state index in [1.54, 1.807) is 23.6 Å². The van der Waals surface area contributed by atoms with E-state index in [1.807, 2.05) is 6.92 Å². The molecule has 2 N–H and O–H groups in total. The molecule has 0 saturated carbocycles. The highest BCUT2D eigenvalue weighted by molar-refractivity contribution is 5.96. The number of nitrogens with zero attached hydrogens (tertiary/aromatic N) is 4. The highest BCUT2D eigenvalue weighted by Gasteiger charge is 2.27. The van der Waals surface area contributed by atoms with Crippen LogP contribution in [0.1, 0.15) is 56.8 Å². The van der Waals surface area contributed by atoms with E-state index in [1.165, 1.54) is 6.92 Å². The number of ketones is 1. The van der Waals surface area contributed by atoms with Crippen molar-refractivity contribution in [1.82, 2.24) is 30.2 Å². The number of hydrogen-bond donors (Lipinski definition) is 2. The predicted molar refractivity (Wildman–Crippen MR) is 97.4 cm³/mol. The molecule has 0 spiro atoms. The van der Waals surface area contributed by atoms with Crippen LogP contribution in [0.5, 0.6) is 0 Å². The third-order valence-electron chi connectivity index (χ3n) is 5.00. The summed E-state index contributed by atoms with van der Waals surface area (Å²) in [5.41, 5.74) is 4.11. The Hall–Kier alpha value is -2.97. The predicted octanol–water partition coefficient (Wildman–Crippen LogP) is 0.760. The SMILES string of the molecule is CNC(=O)c1n[nH]c2c1CN(C(=O)CCn1nc(C)c(C(C)=O)c1C)CC2. The van der Waals surface area contributed by atoms with E-state index in [9.17, 15) is 14.4 Å². The van der Waals surface area contributed by atoms with Crippen molar-refractivity contribution in [3.63, 3.8) is 0 Å². The molecular formula is C18H24N6O3. The summed E-state index contributed by atoms with van der Waals surface area (Å²) in [6, 6.07) is 0. The Balaban J connectivity index is 1.68. The van der Waals surface area contributed by atoms with Crippen LogP contribution in [0.4, 0.5) is 0 Å². The van der Waals surface area contributed by atoms with Crippen LogP contribution in [-0.2, 0) is 24.3 Å². The van der Waals surface area contributed by atoms with Gasteiger partial charge in [-0.3, -0.25) is 24.2 Å². The number of aryl methyl sites for hydroxylation is 2. The van der Waals surface area contributed by atoms with Crippen LogP contribution in [0.15, 0.2) is 0 Å². The third kappa shape index (κ3) is 3.49. The zero-order chi connectivity index (χ0) is 19.7. The van der Waals surface area contributed by atoms with Gasteiger partial charge in [-0.2, -0.15) is 10.2 Å². The molecule has 0 aromatic carbocycles. The summed E-state index contributed by atoms with van der Waals surface area (Å²) in [4.78, 5) is 38.1. The topological polar surface area (TPSA) is 113 Å². The van der Waals surface area contributed by atoms with Crippen LogP contribution in [0.2, 0.25) is 0 Å². The molecule has 9 nitrogen and oxygen atoms in total. The average molecular weight is 372 g/mol. The number of hydrogen-bond acceptors (Lipinski definition) is 5. The van der Waals surface area contributed by atoms with Gasteiger partial charge in [-0.25, -0.2) is 0 Å². The Labute approximate surface area is 157 Å². The molecule has 9 heteroatoms. The molecule has 2 aromatic heterocycles. The van der Waals surface area contributed by atoms with E-state index in [-0.39, 0.29) is 24.0 Å². The number of amides is 2. The number of fused-ring (bicyclic) bond motifs is 1. The minimum absolute atomic E-state index is 0.0124. The lowest BCUT2D eigenvalue weighted by Gasteiger charge is -2.27. The van der Waals surface area contributed by atoms with Crippen molar-refractivity contribution in [2.45, 2.75) is 46.7 Å². The summed E-state index contributed by atoms with van der Waals surface area (Å²) in [6.07, 6.45) is 0.918. The molecule has 2 aromatic rings. The van der Waals surface area contributed by atoms with Gasteiger partial charge in [0.25, 0.3) is 5.91 Å². The fourth-order valence-corrected chi connectivity index (χ4v) is 3.60. The number of aromatic nitrogens is 4. The first-order valence-corrected chi connectivity index (χ1v) is 8.94. The van der Waals surface area contributed by atoms with Crippen molar-refractivity contribution in [2.75, 3.05) is 13.6 Å². The lowest BCUT2D eigenvalue weighted by molar-refractivity contribution is -0.132. The Morgan fingerprint density at radius 1 is 1.26 bits per heavy atom. The molecule has 1 aliphatic heterocycles.